The topological polar surface area (TPSA) is 37.6 Å². The van der Waals surface area contributed by atoms with Crippen molar-refractivity contribution in [2.24, 2.45) is 4.99 Å². The number of aromatic nitrogens is 1. The average Bonchev–Trinajstić information content (AvgIpc) is 3.06. The summed E-state index contributed by atoms with van der Waals surface area (Å²) in [6.07, 6.45) is 1.94. The highest BCUT2D eigenvalue weighted by molar-refractivity contribution is 8.18. The highest BCUT2D eigenvalue weighted by atomic mass is 32.2. The average molecular weight is 371 g/mol. The van der Waals surface area contributed by atoms with Crippen LogP contribution < -0.4 is 0 Å². The summed E-state index contributed by atoms with van der Waals surface area (Å²) in [6.45, 7) is 9.61. The van der Waals surface area contributed by atoms with Crippen molar-refractivity contribution in [2.75, 3.05) is 6.54 Å². The van der Waals surface area contributed by atoms with Gasteiger partial charge in [-0.25, -0.2) is 9.38 Å². The Morgan fingerprint density at radius 3 is 2.42 bits per heavy atom. The molecule has 1 aromatic heterocycles. The second kappa shape index (κ2) is 7.50. The van der Waals surface area contributed by atoms with Gasteiger partial charge in [0.25, 0.3) is 5.91 Å². The normalized spacial score (nSPS) is 17.7. The van der Waals surface area contributed by atoms with Crippen LogP contribution in [0.1, 0.15) is 30.8 Å². The van der Waals surface area contributed by atoms with Crippen molar-refractivity contribution in [3.63, 3.8) is 0 Å². The summed E-state index contributed by atoms with van der Waals surface area (Å²) in [4.78, 5) is 19.6. The number of likely N-dealkylation sites (N-methyl/N-ethyl adjacent to an activating group) is 1. The number of halogens is 1. The van der Waals surface area contributed by atoms with Crippen molar-refractivity contribution in [1.82, 2.24) is 9.47 Å². The molecule has 26 heavy (non-hydrogen) atoms. The zero-order valence-corrected chi connectivity index (χ0v) is 16.2. The van der Waals surface area contributed by atoms with E-state index >= 15 is 0 Å². The molecule has 0 radical (unpaired) electrons. The van der Waals surface area contributed by atoms with Gasteiger partial charge in [0.15, 0.2) is 5.17 Å². The van der Waals surface area contributed by atoms with E-state index in [2.05, 4.69) is 36.4 Å². The van der Waals surface area contributed by atoms with Crippen LogP contribution in [-0.4, -0.2) is 27.1 Å². The number of hydrogen-bond donors (Lipinski definition) is 0. The maximum absolute atomic E-state index is 13.1. The van der Waals surface area contributed by atoms with Gasteiger partial charge >= 0.3 is 0 Å². The zero-order chi connectivity index (χ0) is 18.8. The van der Waals surface area contributed by atoms with E-state index in [1.165, 1.54) is 29.6 Å². The van der Waals surface area contributed by atoms with Gasteiger partial charge in [-0.05, 0) is 81.4 Å². The number of hydrogen-bond acceptors (Lipinski definition) is 3. The van der Waals surface area contributed by atoms with Crippen LogP contribution in [0.5, 0.6) is 0 Å². The first-order valence-electron chi connectivity index (χ1n) is 8.67. The van der Waals surface area contributed by atoms with E-state index in [1.807, 2.05) is 13.0 Å². The highest BCUT2D eigenvalue weighted by Crippen LogP contribution is 2.34. The van der Waals surface area contributed by atoms with Gasteiger partial charge in [0, 0.05) is 24.5 Å². The third-order valence-electron chi connectivity index (χ3n) is 4.47. The Labute approximate surface area is 157 Å². The number of aryl methyl sites for hydroxylation is 1. The van der Waals surface area contributed by atoms with Crippen molar-refractivity contribution in [3.8, 4) is 0 Å². The summed E-state index contributed by atoms with van der Waals surface area (Å²) in [5, 5.41) is 0.625. The molecule has 136 valence electrons. The molecule has 2 aromatic rings. The van der Waals surface area contributed by atoms with Gasteiger partial charge in [0.1, 0.15) is 5.82 Å². The molecule has 0 saturated carbocycles. The first-order valence-corrected chi connectivity index (χ1v) is 9.48. The Morgan fingerprint density at radius 2 is 1.85 bits per heavy atom. The number of carbonyl (C=O) groups is 1. The van der Waals surface area contributed by atoms with Gasteiger partial charge in [-0.2, -0.15) is 0 Å². The number of nitrogens with zero attached hydrogens (tertiary/aromatic N) is 3. The minimum absolute atomic E-state index is 0.0420. The molecule has 0 unspecified atom stereocenters. The quantitative estimate of drug-likeness (QED) is 0.718. The standard InChI is InChI=1S/C20H22FN3OS/c1-5-23-13(3)11-15(14(23)4)12-18-19(25)24(6-2)20(26-18)22-17-9-7-16(21)8-10-17/h7-12H,5-6H2,1-4H3/b18-12+,22-20?. The molecule has 1 saturated heterocycles. The SMILES string of the molecule is CCN1C(=O)/C(=C\c2cc(C)n(CC)c2C)SC1=Nc1ccc(F)cc1. The molecule has 1 amide bonds. The molecule has 1 aliphatic rings. The van der Waals surface area contributed by atoms with Crippen LogP contribution in [0.4, 0.5) is 10.1 Å². The van der Waals surface area contributed by atoms with Gasteiger partial charge in [0.2, 0.25) is 0 Å². The predicted octanol–water partition coefficient (Wildman–Crippen LogP) is 4.89. The van der Waals surface area contributed by atoms with Gasteiger partial charge in [0.05, 0.1) is 10.6 Å². The number of amides is 1. The van der Waals surface area contributed by atoms with Gasteiger partial charge in [-0.1, -0.05) is 0 Å². The summed E-state index contributed by atoms with van der Waals surface area (Å²) in [5.74, 6) is -0.344. The first-order chi connectivity index (χ1) is 12.4. The Bertz CT molecular complexity index is 897. The van der Waals surface area contributed by atoms with Crippen LogP contribution in [0.3, 0.4) is 0 Å². The van der Waals surface area contributed by atoms with Crippen LogP contribution in [0.15, 0.2) is 40.2 Å². The molecule has 2 heterocycles. The predicted molar refractivity (Wildman–Crippen MR) is 106 cm³/mol. The lowest BCUT2D eigenvalue weighted by Gasteiger charge is -2.11. The van der Waals surface area contributed by atoms with Crippen molar-refractivity contribution >= 4 is 34.6 Å². The van der Waals surface area contributed by atoms with Crippen LogP contribution in [0.2, 0.25) is 0 Å². The highest BCUT2D eigenvalue weighted by Gasteiger charge is 2.32. The minimum atomic E-state index is -0.302. The molecule has 0 spiro atoms. The molecule has 0 N–H and O–H groups in total. The Morgan fingerprint density at radius 1 is 1.15 bits per heavy atom. The first kappa shape index (κ1) is 18.5. The number of rotatable bonds is 4. The summed E-state index contributed by atoms with van der Waals surface area (Å²) < 4.78 is 15.3. The summed E-state index contributed by atoms with van der Waals surface area (Å²) >= 11 is 1.36. The molecule has 1 aliphatic heterocycles. The fourth-order valence-electron chi connectivity index (χ4n) is 3.10. The number of carbonyl (C=O) groups excluding carboxylic acids is 1. The summed E-state index contributed by atoms with van der Waals surface area (Å²) in [6, 6.07) is 8.06. The lowest BCUT2D eigenvalue weighted by Crippen LogP contribution is -2.28. The van der Waals surface area contributed by atoms with E-state index in [0.29, 0.717) is 22.3 Å². The van der Waals surface area contributed by atoms with Crippen LogP contribution in [0.25, 0.3) is 6.08 Å². The van der Waals surface area contributed by atoms with Crippen molar-refractivity contribution in [3.05, 3.63) is 58.0 Å². The van der Waals surface area contributed by atoms with Crippen LogP contribution in [-0.2, 0) is 11.3 Å². The fraction of sp³-hybridized carbons (Fsp3) is 0.300. The maximum atomic E-state index is 13.1. The molecule has 1 fully saturated rings. The van der Waals surface area contributed by atoms with Crippen molar-refractivity contribution in [1.29, 1.82) is 0 Å². The van der Waals surface area contributed by atoms with Crippen molar-refractivity contribution < 1.29 is 9.18 Å². The van der Waals surface area contributed by atoms with E-state index in [9.17, 15) is 9.18 Å². The van der Waals surface area contributed by atoms with Gasteiger partial charge in [-0.3, -0.25) is 9.69 Å². The fourth-order valence-corrected chi connectivity index (χ4v) is 4.15. The monoisotopic (exact) mass is 371 g/mol. The molecular formula is C20H22FN3OS. The Kier molecular flexibility index (Phi) is 5.32. The molecule has 4 nitrogen and oxygen atoms in total. The van der Waals surface area contributed by atoms with E-state index in [-0.39, 0.29) is 11.7 Å². The second-order valence-corrected chi connectivity index (χ2v) is 7.11. The largest absolute Gasteiger partial charge is 0.349 e. The zero-order valence-electron chi connectivity index (χ0n) is 15.4. The molecule has 0 bridgehead atoms. The van der Waals surface area contributed by atoms with Crippen LogP contribution in [0, 0.1) is 19.7 Å². The molecule has 6 heteroatoms. The molecule has 1 aromatic carbocycles. The number of benzene rings is 1. The number of thioether (sulfide) groups is 1. The Balaban J connectivity index is 1.95. The lowest BCUT2D eigenvalue weighted by atomic mass is 10.2. The lowest BCUT2D eigenvalue weighted by molar-refractivity contribution is -0.122. The Hall–Kier alpha value is -2.34. The molecule has 3 rings (SSSR count). The van der Waals surface area contributed by atoms with Gasteiger partial charge < -0.3 is 4.57 Å². The molecular weight excluding hydrogens is 349 g/mol. The number of aliphatic imine (C=N–C) groups is 1. The van der Waals surface area contributed by atoms with E-state index in [0.717, 1.165) is 17.8 Å². The summed E-state index contributed by atoms with van der Waals surface area (Å²) in [7, 11) is 0. The smallest absolute Gasteiger partial charge is 0.266 e. The van der Waals surface area contributed by atoms with Crippen molar-refractivity contribution in [2.45, 2.75) is 34.2 Å². The third-order valence-corrected chi connectivity index (χ3v) is 5.48. The third kappa shape index (κ3) is 3.46. The second-order valence-electron chi connectivity index (χ2n) is 6.10. The van der Waals surface area contributed by atoms with Gasteiger partial charge in [-0.15, -0.1) is 0 Å². The molecule has 0 aliphatic carbocycles. The number of amidine groups is 1. The summed E-state index contributed by atoms with van der Waals surface area (Å²) in [5.41, 5.74) is 4.02. The van der Waals surface area contributed by atoms with E-state index < -0.39 is 0 Å². The van der Waals surface area contributed by atoms with Crippen LogP contribution >= 0.6 is 11.8 Å². The minimum Gasteiger partial charge on any atom is -0.349 e. The maximum Gasteiger partial charge on any atom is 0.266 e. The van der Waals surface area contributed by atoms with E-state index in [4.69, 9.17) is 0 Å². The molecule has 0 atom stereocenters. The van der Waals surface area contributed by atoms with E-state index in [1.54, 1.807) is 17.0 Å².